The van der Waals surface area contributed by atoms with Crippen LogP contribution in [0.3, 0.4) is 0 Å². The number of anilines is 2. The van der Waals surface area contributed by atoms with Crippen LogP contribution in [0.4, 0.5) is 11.7 Å². The number of halogens is 3. The van der Waals surface area contributed by atoms with Crippen molar-refractivity contribution in [1.82, 2.24) is 10.2 Å². The Hall–Kier alpha value is -1.75. The summed E-state index contributed by atoms with van der Waals surface area (Å²) in [4.78, 5) is 0. The number of nitrogens with zero attached hydrogens (tertiary/aromatic N) is 2. The van der Waals surface area contributed by atoms with Crippen molar-refractivity contribution in [2.45, 2.75) is 6.42 Å². The summed E-state index contributed by atoms with van der Waals surface area (Å²) in [7, 11) is 0. The zero-order valence-electron chi connectivity index (χ0n) is 11.2. The van der Waals surface area contributed by atoms with E-state index in [1.165, 1.54) is 0 Å². The van der Waals surface area contributed by atoms with E-state index in [2.05, 4.69) is 15.5 Å². The van der Waals surface area contributed by atoms with Crippen LogP contribution in [0, 0.1) is 0 Å². The molecule has 0 aliphatic rings. The summed E-state index contributed by atoms with van der Waals surface area (Å²) in [5, 5.41) is 12.6. The highest BCUT2D eigenvalue weighted by Crippen LogP contribution is 2.28. The Morgan fingerprint density at radius 3 is 2.27 bits per heavy atom. The Kier molecular flexibility index (Phi) is 4.52. The van der Waals surface area contributed by atoms with Gasteiger partial charge in [0, 0.05) is 10.0 Å². The molecule has 0 atom stereocenters. The third kappa shape index (κ3) is 3.35. The van der Waals surface area contributed by atoms with Gasteiger partial charge in [-0.15, -0.1) is 5.10 Å². The van der Waals surface area contributed by atoms with Crippen LogP contribution in [0.5, 0.6) is 0 Å². The van der Waals surface area contributed by atoms with Crippen LogP contribution >= 0.6 is 34.8 Å². The smallest absolute Gasteiger partial charge is 0.320 e. The predicted molar refractivity (Wildman–Crippen MR) is 88.3 cm³/mol. The number of nitrogens with one attached hydrogen (secondary N) is 1. The summed E-state index contributed by atoms with van der Waals surface area (Å²) in [5.74, 6) is 0.407. The van der Waals surface area contributed by atoms with Crippen LogP contribution in [0.2, 0.25) is 15.1 Å². The van der Waals surface area contributed by atoms with Gasteiger partial charge in [-0.05, 0) is 29.8 Å². The molecule has 7 heteroatoms. The van der Waals surface area contributed by atoms with Crippen LogP contribution in [-0.2, 0) is 6.42 Å². The number of hydrogen-bond acceptors (Lipinski definition) is 4. The molecule has 3 aromatic rings. The summed E-state index contributed by atoms with van der Waals surface area (Å²) in [6.45, 7) is 0. The lowest BCUT2D eigenvalue weighted by Gasteiger charge is -2.04. The summed E-state index contributed by atoms with van der Waals surface area (Å²) in [6.07, 6.45) is 0.357. The zero-order valence-corrected chi connectivity index (χ0v) is 13.5. The van der Waals surface area contributed by atoms with Crippen LogP contribution in [0.1, 0.15) is 11.5 Å². The van der Waals surface area contributed by atoms with Gasteiger partial charge in [-0.3, -0.25) is 0 Å². The summed E-state index contributed by atoms with van der Waals surface area (Å²) >= 11 is 18.3. The second-order valence-corrected chi connectivity index (χ2v) is 5.70. The molecular formula is C15H10Cl3N3O. The van der Waals surface area contributed by atoms with E-state index in [4.69, 9.17) is 39.2 Å². The summed E-state index contributed by atoms with van der Waals surface area (Å²) < 4.78 is 5.55. The molecule has 1 aromatic heterocycles. The fraction of sp³-hybridized carbons (Fsp3) is 0.0667. The third-order valence-corrected chi connectivity index (χ3v) is 4.01. The largest absolute Gasteiger partial charge is 0.408 e. The minimum Gasteiger partial charge on any atom is -0.408 e. The van der Waals surface area contributed by atoms with Gasteiger partial charge in [0.25, 0.3) is 0 Å². The molecule has 0 saturated heterocycles. The summed E-state index contributed by atoms with van der Waals surface area (Å²) in [6, 6.07) is 12.9. The standard InChI is InChI=1S/C15H10Cl3N3O/c16-10-5-3-6-11(17)9(10)8-14-20-21-15(22-14)19-13-7-2-1-4-12(13)18/h1-7H,8H2,(H,19,21). The van der Waals surface area contributed by atoms with Crippen molar-refractivity contribution in [3.8, 4) is 0 Å². The lowest BCUT2D eigenvalue weighted by atomic mass is 10.1. The monoisotopic (exact) mass is 353 g/mol. The molecule has 22 heavy (non-hydrogen) atoms. The van der Waals surface area contributed by atoms with Crippen LogP contribution in [0.25, 0.3) is 0 Å². The SMILES string of the molecule is Clc1ccccc1Nc1nnc(Cc2c(Cl)cccc2Cl)o1. The minimum absolute atomic E-state index is 0.256. The highest BCUT2D eigenvalue weighted by Gasteiger charge is 2.12. The Morgan fingerprint density at radius 2 is 1.55 bits per heavy atom. The highest BCUT2D eigenvalue weighted by atomic mass is 35.5. The highest BCUT2D eigenvalue weighted by molar-refractivity contribution is 6.36. The molecule has 0 amide bonds. The van der Waals surface area contributed by atoms with Gasteiger partial charge in [0.05, 0.1) is 17.1 Å². The van der Waals surface area contributed by atoms with Crippen molar-refractivity contribution >= 4 is 46.5 Å². The van der Waals surface area contributed by atoms with Crippen molar-refractivity contribution in [3.05, 3.63) is 69.0 Å². The maximum absolute atomic E-state index is 6.13. The van der Waals surface area contributed by atoms with Gasteiger partial charge in [-0.1, -0.05) is 58.1 Å². The minimum atomic E-state index is 0.256. The summed E-state index contributed by atoms with van der Waals surface area (Å²) in [5.41, 5.74) is 1.44. The molecule has 0 radical (unpaired) electrons. The van der Waals surface area contributed by atoms with Crippen LogP contribution < -0.4 is 5.32 Å². The maximum atomic E-state index is 6.13. The molecule has 0 spiro atoms. The quantitative estimate of drug-likeness (QED) is 0.685. The Labute approximate surface area is 142 Å². The van der Waals surface area contributed by atoms with Gasteiger partial charge < -0.3 is 9.73 Å². The van der Waals surface area contributed by atoms with Crippen molar-refractivity contribution in [2.75, 3.05) is 5.32 Å². The first-order chi connectivity index (χ1) is 10.6. The average Bonchev–Trinajstić information content (AvgIpc) is 2.93. The second-order valence-electron chi connectivity index (χ2n) is 4.48. The van der Waals surface area contributed by atoms with Gasteiger partial charge in [0.15, 0.2) is 0 Å². The molecule has 0 saturated carbocycles. The molecule has 0 aliphatic carbocycles. The fourth-order valence-electron chi connectivity index (χ4n) is 1.91. The fourth-order valence-corrected chi connectivity index (χ4v) is 2.62. The van der Waals surface area contributed by atoms with Crippen LogP contribution in [0.15, 0.2) is 46.9 Å². The molecule has 0 fully saturated rings. The number of benzene rings is 2. The normalized spacial score (nSPS) is 10.7. The molecule has 112 valence electrons. The van der Waals surface area contributed by atoms with E-state index >= 15 is 0 Å². The van der Waals surface area contributed by atoms with Gasteiger partial charge in [0.2, 0.25) is 5.89 Å². The van der Waals surface area contributed by atoms with Gasteiger partial charge in [0.1, 0.15) is 0 Å². The molecule has 0 unspecified atom stereocenters. The topological polar surface area (TPSA) is 51.0 Å². The Morgan fingerprint density at radius 1 is 0.864 bits per heavy atom. The lowest BCUT2D eigenvalue weighted by molar-refractivity contribution is 0.521. The van der Waals surface area contributed by atoms with E-state index in [0.29, 0.717) is 33.1 Å². The van der Waals surface area contributed by atoms with E-state index in [9.17, 15) is 0 Å². The van der Waals surface area contributed by atoms with Gasteiger partial charge in [-0.2, -0.15) is 0 Å². The van der Waals surface area contributed by atoms with Crippen molar-refractivity contribution in [3.63, 3.8) is 0 Å². The van der Waals surface area contributed by atoms with E-state index < -0.39 is 0 Å². The average molecular weight is 355 g/mol. The predicted octanol–water partition coefficient (Wildman–Crippen LogP) is 5.36. The molecule has 4 nitrogen and oxygen atoms in total. The van der Waals surface area contributed by atoms with E-state index in [1.807, 2.05) is 18.2 Å². The van der Waals surface area contributed by atoms with Crippen LogP contribution in [-0.4, -0.2) is 10.2 Å². The Bertz CT molecular complexity index is 784. The lowest BCUT2D eigenvalue weighted by Crippen LogP contribution is -1.91. The van der Waals surface area contributed by atoms with Crippen molar-refractivity contribution in [1.29, 1.82) is 0 Å². The number of para-hydroxylation sites is 1. The van der Waals surface area contributed by atoms with Gasteiger partial charge in [-0.25, -0.2) is 0 Å². The van der Waals surface area contributed by atoms with Crippen molar-refractivity contribution < 1.29 is 4.42 Å². The zero-order chi connectivity index (χ0) is 15.5. The molecule has 1 heterocycles. The molecule has 0 bridgehead atoms. The molecule has 0 aliphatic heterocycles. The molecular weight excluding hydrogens is 345 g/mol. The van der Waals surface area contributed by atoms with Crippen molar-refractivity contribution in [2.24, 2.45) is 0 Å². The third-order valence-electron chi connectivity index (χ3n) is 2.97. The number of rotatable bonds is 4. The first-order valence-electron chi connectivity index (χ1n) is 6.40. The maximum Gasteiger partial charge on any atom is 0.320 e. The second kappa shape index (κ2) is 6.57. The number of aromatic nitrogens is 2. The van der Waals surface area contributed by atoms with E-state index in [1.54, 1.807) is 24.3 Å². The molecule has 3 rings (SSSR count). The molecule has 1 N–H and O–H groups in total. The van der Waals surface area contributed by atoms with Gasteiger partial charge >= 0.3 is 6.01 Å². The van der Waals surface area contributed by atoms with E-state index in [0.717, 1.165) is 5.56 Å². The molecule has 2 aromatic carbocycles. The first kappa shape index (κ1) is 15.2. The Balaban J connectivity index is 1.78. The number of hydrogen-bond donors (Lipinski definition) is 1. The van der Waals surface area contributed by atoms with E-state index in [-0.39, 0.29) is 6.01 Å². The first-order valence-corrected chi connectivity index (χ1v) is 7.53.